The number of rotatable bonds is 7. The van der Waals surface area contributed by atoms with Crippen molar-refractivity contribution in [3.05, 3.63) is 114 Å². The maximum atomic E-state index is 13.7. The molecule has 1 aliphatic heterocycles. The van der Waals surface area contributed by atoms with Crippen LogP contribution in [-0.4, -0.2) is 35.6 Å². The molecule has 10 heteroatoms. The number of amides is 2. The summed E-state index contributed by atoms with van der Waals surface area (Å²) in [4.78, 5) is 32.5. The first-order valence-corrected chi connectivity index (χ1v) is 15.1. The number of carbonyl (C=O) groups is 2. The van der Waals surface area contributed by atoms with Crippen molar-refractivity contribution in [1.82, 2.24) is 9.29 Å². The number of thiazole rings is 1. The van der Waals surface area contributed by atoms with Gasteiger partial charge in [-0.3, -0.25) is 9.59 Å². The van der Waals surface area contributed by atoms with Gasteiger partial charge < -0.3 is 0 Å². The molecule has 7 nitrogen and oxygen atoms in total. The van der Waals surface area contributed by atoms with Crippen LogP contribution in [0, 0.1) is 12.7 Å². The smallest absolute Gasteiger partial charge is 0.252 e. The highest BCUT2D eigenvalue weighted by atomic mass is 32.2. The molecule has 5 aromatic rings. The van der Waals surface area contributed by atoms with Crippen LogP contribution in [0.5, 0.6) is 0 Å². The Morgan fingerprint density at radius 2 is 1.66 bits per heavy atom. The van der Waals surface area contributed by atoms with E-state index >= 15 is 0 Å². The lowest BCUT2D eigenvalue weighted by Gasteiger charge is -2.27. The van der Waals surface area contributed by atoms with Crippen molar-refractivity contribution in [2.75, 3.05) is 4.90 Å². The second-order valence-corrected chi connectivity index (χ2v) is 12.7. The van der Waals surface area contributed by atoms with Gasteiger partial charge in [0.25, 0.3) is 5.91 Å². The van der Waals surface area contributed by atoms with E-state index in [4.69, 9.17) is 4.98 Å². The summed E-state index contributed by atoms with van der Waals surface area (Å²) in [5.74, 6) is -1.73. The van der Waals surface area contributed by atoms with Gasteiger partial charge in [-0.1, -0.05) is 36.4 Å². The van der Waals surface area contributed by atoms with Crippen molar-refractivity contribution in [1.29, 1.82) is 0 Å². The summed E-state index contributed by atoms with van der Waals surface area (Å²) >= 11 is 1.55. The third kappa shape index (κ3) is 5.17. The van der Waals surface area contributed by atoms with Crippen LogP contribution in [0.3, 0.4) is 0 Å². The molecule has 1 unspecified atom stereocenters. The number of imide groups is 1. The quantitative estimate of drug-likeness (QED) is 0.221. The second-order valence-electron chi connectivity index (χ2n) is 9.81. The zero-order valence-electron chi connectivity index (χ0n) is 21.9. The summed E-state index contributed by atoms with van der Waals surface area (Å²) in [5, 5.41) is 0.813. The summed E-state index contributed by atoms with van der Waals surface area (Å²) in [6, 6.07) is 25.0. The van der Waals surface area contributed by atoms with E-state index in [2.05, 4.69) is 6.07 Å². The highest BCUT2D eigenvalue weighted by molar-refractivity contribution is 7.89. The number of sulfonamides is 1. The molecule has 1 atom stereocenters. The molecule has 206 valence electrons. The van der Waals surface area contributed by atoms with Crippen molar-refractivity contribution in [3.8, 4) is 10.6 Å². The van der Waals surface area contributed by atoms with E-state index in [1.54, 1.807) is 65.9 Å². The third-order valence-corrected chi connectivity index (χ3v) is 9.92. The lowest BCUT2D eigenvalue weighted by atomic mass is 10.2. The van der Waals surface area contributed by atoms with Gasteiger partial charge >= 0.3 is 0 Å². The van der Waals surface area contributed by atoms with Crippen LogP contribution in [0.1, 0.15) is 17.5 Å². The minimum absolute atomic E-state index is 0.131. The molecule has 1 aliphatic rings. The molecule has 6 rings (SSSR count). The Balaban J connectivity index is 1.31. The molecule has 0 bridgehead atoms. The highest BCUT2D eigenvalue weighted by Crippen LogP contribution is 2.34. The van der Waals surface area contributed by atoms with Gasteiger partial charge in [0.1, 0.15) is 16.9 Å². The number of benzene rings is 4. The Kier molecular flexibility index (Phi) is 6.98. The van der Waals surface area contributed by atoms with E-state index in [0.29, 0.717) is 11.3 Å². The van der Waals surface area contributed by atoms with Crippen LogP contribution in [0.2, 0.25) is 0 Å². The fourth-order valence-corrected chi connectivity index (χ4v) is 7.53. The fraction of sp³-hybridized carbons (Fsp3) is 0.129. The van der Waals surface area contributed by atoms with Crippen molar-refractivity contribution in [3.63, 3.8) is 0 Å². The minimum atomic E-state index is -4.26. The van der Waals surface area contributed by atoms with E-state index in [9.17, 15) is 22.4 Å². The maximum Gasteiger partial charge on any atom is 0.252 e. The summed E-state index contributed by atoms with van der Waals surface area (Å²) in [6.45, 7) is 1.89. The standard InChI is InChI=1S/C31H24FN3O4S2/c1-20-7-16-26-28(17-20)40-30(33-26)22-8-12-24(13-9-22)35-29(36)18-27(31(35)37)34(19-21-5-3-2-4-6-21)41(38,39)25-14-10-23(32)11-15-25/h2-17,27H,18-19H2,1H3. The Morgan fingerprint density at radius 3 is 2.37 bits per heavy atom. The largest absolute Gasteiger partial charge is 0.274 e. The minimum Gasteiger partial charge on any atom is -0.274 e. The Hall–Kier alpha value is -4.25. The predicted octanol–water partition coefficient (Wildman–Crippen LogP) is 5.93. The lowest BCUT2D eigenvalue weighted by molar-refractivity contribution is -0.122. The van der Waals surface area contributed by atoms with Crippen LogP contribution in [0.4, 0.5) is 10.1 Å². The molecule has 1 fully saturated rings. The summed E-state index contributed by atoms with van der Waals surface area (Å²) < 4.78 is 43.2. The van der Waals surface area contributed by atoms with Crippen molar-refractivity contribution in [2.24, 2.45) is 0 Å². The van der Waals surface area contributed by atoms with Crippen LogP contribution in [-0.2, 0) is 26.2 Å². The average molecular weight is 586 g/mol. The molecule has 0 radical (unpaired) electrons. The Bertz CT molecular complexity index is 1870. The normalized spacial score (nSPS) is 15.8. The molecule has 0 N–H and O–H groups in total. The zero-order chi connectivity index (χ0) is 28.7. The summed E-state index contributed by atoms with van der Waals surface area (Å²) in [7, 11) is -4.26. The van der Waals surface area contributed by atoms with Crippen LogP contribution >= 0.6 is 11.3 Å². The Morgan fingerprint density at radius 1 is 0.951 bits per heavy atom. The second kappa shape index (κ2) is 10.6. The molecule has 1 aromatic heterocycles. The molecule has 0 aliphatic carbocycles. The van der Waals surface area contributed by atoms with E-state index in [1.165, 1.54) is 0 Å². The number of halogens is 1. The van der Waals surface area contributed by atoms with Gasteiger partial charge in [-0.15, -0.1) is 11.3 Å². The number of hydrogen-bond acceptors (Lipinski definition) is 6. The predicted molar refractivity (Wildman–Crippen MR) is 156 cm³/mol. The Labute approximate surface area is 240 Å². The molecule has 0 spiro atoms. The van der Waals surface area contributed by atoms with Gasteiger partial charge in [0.2, 0.25) is 15.9 Å². The van der Waals surface area contributed by atoms with Gasteiger partial charge in [0.05, 0.1) is 27.2 Å². The number of fused-ring (bicyclic) bond motifs is 1. The number of anilines is 1. The maximum absolute atomic E-state index is 13.7. The van der Waals surface area contributed by atoms with Crippen molar-refractivity contribution >= 4 is 49.1 Å². The van der Waals surface area contributed by atoms with Gasteiger partial charge in [-0.25, -0.2) is 22.7 Å². The number of aromatic nitrogens is 1. The first kappa shape index (κ1) is 26.9. The number of hydrogen-bond donors (Lipinski definition) is 0. The number of carbonyl (C=O) groups excluding carboxylic acids is 2. The molecule has 4 aromatic carbocycles. The van der Waals surface area contributed by atoms with Crippen LogP contribution < -0.4 is 4.90 Å². The zero-order valence-corrected chi connectivity index (χ0v) is 23.5. The van der Waals surface area contributed by atoms with Gasteiger partial charge in [-0.05, 0) is 78.7 Å². The van der Waals surface area contributed by atoms with Crippen LogP contribution in [0.15, 0.2) is 102 Å². The first-order chi connectivity index (χ1) is 19.7. The molecule has 41 heavy (non-hydrogen) atoms. The van der Waals surface area contributed by atoms with Crippen molar-refractivity contribution < 1.29 is 22.4 Å². The monoisotopic (exact) mass is 585 g/mol. The summed E-state index contributed by atoms with van der Waals surface area (Å²) in [5.41, 5.74) is 3.88. The molecule has 2 amide bonds. The van der Waals surface area contributed by atoms with E-state index in [1.807, 2.05) is 19.1 Å². The number of nitrogens with zero attached hydrogens (tertiary/aromatic N) is 3. The van der Waals surface area contributed by atoms with Crippen molar-refractivity contribution in [2.45, 2.75) is 30.8 Å². The highest BCUT2D eigenvalue weighted by Gasteiger charge is 2.47. The molecule has 2 heterocycles. The molecule has 1 saturated heterocycles. The average Bonchev–Trinajstić information content (AvgIpc) is 3.52. The number of aryl methyl sites for hydroxylation is 1. The summed E-state index contributed by atoms with van der Waals surface area (Å²) in [6.07, 6.45) is -0.314. The molecule has 0 saturated carbocycles. The first-order valence-electron chi connectivity index (χ1n) is 12.9. The lowest BCUT2D eigenvalue weighted by Crippen LogP contribution is -2.45. The van der Waals surface area contributed by atoms with Gasteiger partial charge in [0.15, 0.2) is 0 Å². The van der Waals surface area contributed by atoms with E-state index < -0.39 is 33.7 Å². The van der Waals surface area contributed by atoms with E-state index in [-0.39, 0.29) is 17.9 Å². The molecular weight excluding hydrogens is 561 g/mol. The third-order valence-electron chi connectivity index (χ3n) is 6.99. The SMILES string of the molecule is Cc1ccc2nc(-c3ccc(N4C(=O)CC(N(Cc5ccccc5)S(=O)(=O)c5ccc(F)cc5)C4=O)cc3)sc2c1. The molecular formula is C31H24FN3O4S2. The van der Waals surface area contributed by atoms with Gasteiger partial charge in [0, 0.05) is 12.1 Å². The van der Waals surface area contributed by atoms with E-state index in [0.717, 1.165) is 59.8 Å². The van der Waals surface area contributed by atoms with Crippen LogP contribution in [0.25, 0.3) is 20.8 Å². The fourth-order valence-electron chi connectivity index (χ4n) is 4.89. The van der Waals surface area contributed by atoms with Gasteiger partial charge in [-0.2, -0.15) is 4.31 Å². The topological polar surface area (TPSA) is 87.7 Å².